The number of hydrogen-bond acceptors (Lipinski definition) is 3. The second kappa shape index (κ2) is 5.92. The Morgan fingerprint density at radius 1 is 1.50 bits per heavy atom. The molecule has 0 fully saturated rings. The first-order valence-corrected chi connectivity index (χ1v) is 4.90. The lowest BCUT2D eigenvalue weighted by molar-refractivity contribution is -0.162. The molecule has 0 aliphatic heterocycles. The van der Waals surface area contributed by atoms with Gasteiger partial charge >= 0.3 is 0 Å². The van der Waals surface area contributed by atoms with Crippen LogP contribution in [0.15, 0.2) is 36.4 Å². The van der Waals surface area contributed by atoms with E-state index in [2.05, 4.69) is 0 Å². The summed E-state index contributed by atoms with van der Waals surface area (Å²) in [6.45, 7) is 0. The van der Waals surface area contributed by atoms with Gasteiger partial charge in [0.25, 0.3) is 5.91 Å². The van der Waals surface area contributed by atoms with Crippen LogP contribution in [0.3, 0.4) is 0 Å². The van der Waals surface area contributed by atoms with Crippen molar-refractivity contribution in [2.75, 3.05) is 14.2 Å². The summed E-state index contributed by atoms with van der Waals surface area (Å²) in [5, 5.41) is 10.6. The minimum atomic E-state index is -0.238. The van der Waals surface area contributed by atoms with Gasteiger partial charge in [-0.05, 0) is 18.1 Å². The Hall–Kier alpha value is -1.81. The maximum absolute atomic E-state index is 11.3. The van der Waals surface area contributed by atoms with Crippen LogP contribution in [-0.4, -0.2) is 30.2 Å². The summed E-state index contributed by atoms with van der Waals surface area (Å²) >= 11 is 0. The van der Waals surface area contributed by atoms with E-state index >= 15 is 0 Å². The molecular weight excluding hydrogens is 206 g/mol. The average molecular weight is 221 g/mol. The Balaban J connectivity index is 2.55. The smallest absolute Gasteiger partial charge is 0.269 e. The molecule has 0 atom stereocenters. The lowest BCUT2D eigenvalue weighted by Crippen LogP contribution is -2.23. The summed E-state index contributed by atoms with van der Waals surface area (Å²) in [4.78, 5) is 16.0. The number of carbonyl (C=O) groups excluding carboxylic acids is 1. The van der Waals surface area contributed by atoms with E-state index in [1.807, 2.05) is 12.1 Å². The van der Waals surface area contributed by atoms with Crippen LogP contribution in [0.1, 0.15) is 5.56 Å². The zero-order valence-electron chi connectivity index (χ0n) is 9.38. The fourth-order valence-corrected chi connectivity index (χ4v) is 1.17. The molecule has 1 rings (SSSR count). The van der Waals surface area contributed by atoms with Crippen LogP contribution >= 0.6 is 0 Å². The van der Waals surface area contributed by atoms with E-state index < -0.39 is 0 Å². The number of phenolic OH excluding ortho intramolecular Hbond substituents is 1. The number of benzene rings is 1. The number of aromatic hydroxyl groups is 1. The second-order valence-electron chi connectivity index (χ2n) is 3.25. The van der Waals surface area contributed by atoms with E-state index in [0.717, 1.165) is 10.6 Å². The molecule has 0 heterocycles. The van der Waals surface area contributed by atoms with Crippen molar-refractivity contribution in [1.29, 1.82) is 0 Å². The molecular formula is C12H15NO3. The number of hydrogen-bond donors (Lipinski definition) is 1. The van der Waals surface area contributed by atoms with Gasteiger partial charge in [-0.25, -0.2) is 5.06 Å². The van der Waals surface area contributed by atoms with Crippen molar-refractivity contribution in [3.8, 4) is 5.75 Å². The number of carbonyl (C=O) groups is 1. The Kier molecular flexibility index (Phi) is 4.54. The molecule has 4 nitrogen and oxygen atoms in total. The van der Waals surface area contributed by atoms with Crippen molar-refractivity contribution in [3.05, 3.63) is 42.0 Å². The third-order valence-corrected chi connectivity index (χ3v) is 2.17. The molecule has 1 N–H and O–H groups in total. The van der Waals surface area contributed by atoms with Crippen molar-refractivity contribution in [2.24, 2.45) is 0 Å². The number of nitrogens with zero attached hydrogens (tertiary/aromatic N) is 1. The van der Waals surface area contributed by atoms with Gasteiger partial charge in [0.1, 0.15) is 5.75 Å². The van der Waals surface area contributed by atoms with Crippen LogP contribution in [-0.2, 0) is 16.1 Å². The maximum atomic E-state index is 11.3. The van der Waals surface area contributed by atoms with E-state index in [4.69, 9.17) is 4.84 Å². The van der Waals surface area contributed by atoms with Crippen LogP contribution in [0.25, 0.3) is 0 Å². The predicted octanol–water partition coefficient (Wildman–Crippen LogP) is 1.51. The average Bonchev–Trinajstić information content (AvgIpc) is 2.30. The number of rotatable bonds is 4. The lowest BCUT2D eigenvalue weighted by atomic mass is 10.1. The summed E-state index contributed by atoms with van der Waals surface area (Å²) in [5.41, 5.74) is 0.784. The summed E-state index contributed by atoms with van der Waals surface area (Å²) in [6, 6.07) is 7.02. The van der Waals surface area contributed by atoms with E-state index in [1.165, 1.54) is 20.2 Å². The van der Waals surface area contributed by atoms with E-state index in [9.17, 15) is 9.90 Å². The summed E-state index contributed by atoms with van der Waals surface area (Å²) in [6.07, 6.45) is 3.61. The van der Waals surface area contributed by atoms with E-state index in [-0.39, 0.29) is 11.7 Å². The van der Waals surface area contributed by atoms with E-state index in [1.54, 1.807) is 18.2 Å². The van der Waals surface area contributed by atoms with Gasteiger partial charge in [0, 0.05) is 13.1 Å². The molecule has 1 amide bonds. The van der Waals surface area contributed by atoms with Crippen LogP contribution in [0.5, 0.6) is 5.75 Å². The molecule has 86 valence electrons. The zero-order valence-corrected chi connectivity index (χ0v) is 9.38. The second-order valence-corrected chi connectivity index (χ2v) is 3.25. The largest absolute Gasteiger partial charge is 0.508 e. The number of likely N-dealkylation sites (N-methyl/N-ethyl adjacent to an activating group) is 1. The van der Waals surface area contributed by atoms with Crippen LogP contribution in [0, 0.1) is 0 Å². The quantitative estimate of drug-likeness (QED) is 0.619. The van der Waals surface area contributed by atoms with Crippen molar-refractivity contribution >= 4 is 5.91 Å². The van der Waals surface area contributed by atoms with Gasteiger partial charge in [0.2, 0.25) is 0 Å². The highest BCUT2D eigenvalue weighted by molar-refractivity contribution is 5.86. The maximum Gasteiger partial charge on any atom is 0.269 e. The Labute approximate surface area is 94.7 Å². The number of amides is 1. The number of phenols is 1. The summed E-state index contributed by atoms with van der Waals surface area (Å²) in [7, 11) is 2.96. The van der Waals surface area contributed by atoms with Gasteiger partial charge in [0.15, 0.2) is 0 Å². The van der Waals surface area contributed by atoms with Gasteiger partial charge in [-0.2, -0.15) is 0 Å². The highest BCUT2D eigenvalue weighted by atomic mass is 16.7. The fraction of sp³-hybridized carbons (Fsp3) is 0.250. The van der Waals surface area contributed by atoms with Gasteiger partial charge in [-0.1, -0.05) is 24.3 Å². The van der Waals surface area contributed by atoms with Gasteiger partial charge < -0.3 is 5.11 Å². The summed E-state index contributed by atoms with van der Waals surface area (Å²) < 4.78 is 0. The standard InChI is InChI=1S/C12H15NO3/c1-13(16-2)12(15)9-5-7-10-6-3-4-8-11(10)14/h3-6,8-9,14H,7H2,1-2H3/b9-5+. The third-order valence-electron chi connectivity index (χ3n) is 2.17. The van der Waals surface area contributed by atoms with E-state index in [0.29, 0.717) is 6.42 Å². The highest BCUT2D eigenvalue weighted by Gasteiger charge is 2.02. The first kappa shape index (κ1) is 12.3. The fourth-order valence-electron chi connectivity index (χ4n) is 1.17. The molecule has 0 aliphatic rings. The first-order valence-electron chi connectivity index (χ1n) is 4.90. The van der Waals surface area contributed by atoms with Crippen molar-refractivity contribution in [2.45, 2.75) is 6.42 Å². The third kappa shape index (κ3) is 3.40. The number of para-hydroxylation sites is 1. The topological polar surface area (TPSA) is 49.8 Å². The minimum Gasteiger partial charge on any atom is -0.508 e. The molecule has 1 aromatic rings. The Morgan fingerprint density at radius 2 is 2.19 bits per heavy atom. The normalized spacial score (nSPS) is 10.6. The van der Waals surface area contributed by atoms with Crippen molar-refractivity contribution < 1.29 is 14.7 Å². The van der Waals surface area contributed by atoms with Crippen LogP contribution in [0.2, 0.25) is 0 Å². The molecule has 0 bridgehead atoms. The van der Waals surface area contributed by atoms with Gasteiger partial charge in [-0.3, -0.25) is 9.63 Å². The number of hydroxylamine groups is 2. The SMILES string of the molecule is CON(C)C(=O)/C=C/Cc1ccccc1O. The first-order chi connectivity index (χ1) is 7.65. The monoisotopic (exact) mass is 221 g/mol. The Morgan fingerprint density at radius 3 is 2.81 bits per heavy atom. The lowest BCUT2D eigenvalue weighted by Gasteiger charge is -2.10. The highest BCUT2D eigenvalue weighted by Crippen LogP contribution is 2.16. The molecule has 0 radical (unpaired) electrons. The molecule has 0 unspecified atom stereocenters. The molecule has 16 heavy (non-hydrogen) atoms. The predicted molar refractivity (Wildman–Crippen MR) is 60.7 cm³/mol. The van der Waals surface area contributed by atoms with Gasteiger partial charge in [0.05, 0.1) is 7.11 Å². The molecule has 0 saturated heterocycles. The van der Waals surface area contributed by atoms with Crippen LogP contribution in [0.4, 0.5) is 0 Å². The molecule has 4 heteroatoms. The van der Waals surface area contributed by atoms with Gasteiger partial charge in [-0.15, -0.1) is 0 Å². The summed E-state index contributed by atoms with van der Waals surface area (Å²) in [5.74, 6) is -0.00221. The molecule has 0 spiro atoms. The Bertz CT molecular complexity index is 388. The molecule has 0 aliphatic carbocycles. The molecule has 1 aromatic carbocycles. The van der Waals surface area contributed by atoms with Crippen molar-refractivity contribution in [3.63, 3.8) is 0 Å². The molecule has 0 aromatic heterocycles. The zero-order chi connectivity index (χ0) is 12.0. The minimum absolute atomic E-state index is 0.236. The number of allylic oxidation sites excluding steroid dienone is 1. The van der Waals surface area contributed by atoms with Crippen molar-refractivity contribution in [1.82, 2.24) is 5.06 Å². The molecule has 0 saturated carbocycles. The van der Waals surface area contributed by atoms with Crippen LogP contribution < -0.4 is 0 Å².